The summed E-state index contributed by atoms with van der Waals surface area (Å²) < 4.78 is 6.84. The molecule has 1 rings (SSSR count). The van der Waals surface area contributed by atoms with Crippen LogP contribution in [0.2, 0.25) is 0 Å². The van der Waals surface area contributed by atoms with Crippen molar-refractivity contribution in [1.29, 1.82) is 0 Å². The molecule has 0 saturated carbocycles. The first-order valence-electron chi connectivity index (χ1n) is 6.19. The summed E-state index contributed by atoms with van der Waals surface area (Å²) in [6, 6.07) is 0. The van der Waals surface area contributed by atoms with E-state index in [2.05, 4.69) is 9.88 Å². The summed E-state index contributed by atoms with van der Waals surface area (Å²) in [6.07, 6.45) is 0. The summed E-state index contributed by atoms with van der Waals surface area (Å²) >= 11 is 0. The molecule has 1 aromatic rings. The van der Waals surface area contributed by atoms with E-state index in [1.54, 1.807) is 18.6 Å². The molecule has 1 aromatic heterocycles. The third-order valence-corrected chi connectivity index (χ3v) is 3.20. The second kappa shape index (κ2) is 6.66. The van der Waals surface area contributed by atoms with Crippen LogP contribution in [-0.2, 0) is 11.3 Å². The number of nitrogens with zero attached hydrogens (tertiary/aromatic N) is 3. The van der Waals surface area contributed by atoms with E-state index in [1.807, 2.05) is 20.9 Å². The minimum atomic E-state index is 0.0123. The van der Waals surface area contributed by atoms with Crippen molar-refractivity contribution in [2.45, 2.75) is 27.3 Å². The van der Waals surface area contributed by atoms with Gasteiger partial charge in [0.25, 0.3) is 5.56 Å². The zero-order valence-corrected chi connectivity index (χ0v) is 12.0. The fourth-order valence-electron chi connectivity index (χ4n) is 1.82. The van der Waals surface area contributed by atoms with Crippen molar-refractivity contribution >= 4 is 0 Å². The molecule has 0 aromatic carbocycles. The fourth-order valence-corrected chi connectivity index (χ4v) is 1.82. The second-order valence-corrected chi connectivity index (χ2v) is 4.62. The van der Waals surface area contributed by atoms with E-state index in [0.717, 1.165) is 24.5 Å². The van der Waals surface area contributed by atoms with Crippen molar-refractivity contribution in [2.24, 2.45) is 0 Å². The molecule has 0 atom stereocenters. The highest BCUT2D eigenvalue weighted by Gasteiger charge is 2.08. The van der Waals surface area contributed by atoms with Gasteiger partial charge in [0.1, 0.15) is 5.69 Å². The van der Waals surface area contributed by atoms with Crippen molar-refractivity contribution in [1.82, 2.24) is 14.5 Å². The van der Waals surface area contributed by atoms with E-state index >= 15 is 0 Å². The highest BCUT2D eigenvalue weighted by molar-refractivity contribution is 5.12. The molecule has 1 heterocycles. The fraction of sp³-hybridized carbons (Fsp3) is 0.692. The van der Waals surface area contributed by atoms with Gasteiger partial charge in [0.2, 0.25) is 0 Å². The molecule has 0 saturated heterocycles. The maximum absolute atomic E-state index is 12.0. The molecule has 0 aliphatic rings. The first kappa shape index (κ1) is 14.9. The first-order valence-corrected chi connectivity index (χ1v) is 6.19. The second-order valence-electron chi connectivity index (χ2n) is 4.62. The van der Waals surface area contributed by atoms with E-state index in [9.17, 15) is 4.79 Å². The summed E-state index contributed by atoms with van der Waals surface area (Å²) in [5.74, 6) is 0. The molecule has 5 nitrogen and oxygen atoms in total. The van der Waals surface area contributed by atoms with Crippen LogP contribution < -0.4 is 5.56 Å². The highest BCUT2D eigenvalue weighted by Crippen LogP contribution is 2.01. The number of hydrogen-bond donors (Lipinski definition) is 0. The SMILES string of the molecule is COCCN(C)CCn1c(C)c(C)nc(C)c1=O. The standard InChI is InChI=1S/C13H23N3O2/c1-10-12(3)16(13(17)11(2)14-10)7-6-15(4)8-9-18-5/h6-9H2,1-5H3. The molecule has 0 amide bonds. The Morgan fingerprint density at radius 2 is 1.89 bits per heavy atom. The lowest BCUT2D eigenvalue weighted by Gasteiger charge is -2.18. The number of methoxy groups -OCH3 is 1. The van der Waals surface area contributed by atoms with Gasteiger partial charge in [-0.05, 0) is 27.8 Å². The van der Waals surface area contributed by atoms with Crippen LogP contribution in [0.4, 0.5) is 0 Å². The maximum Gasteiger partial charge on any atom is 0.272 e. The van der Waals surface area contributed by atoms with Crippen molar-refractivity contribution in [2.75, 3.05) is 33.9 Å². The van der Waals surface area contributed by atoms with E-state index in [4.69, 9.17) is 4.74 Å². The number of likely N-dealkylation sites (N-methyl/N-ethyl adjacent to an activating group) is 1. The quantitative estimate of drug-likeness (QED) is 0.750. The average molecular weight is 253 g/mol. The van der Waals surface area contributed by atoms with Crippen molar-refractivity contribution in [3.05, 3.63) is 27.4 Å². The Morgan fingerprint density at radius 1 is 1.22 bits per heavy atom. The molecule has 0 spiro atoms. The summed E-state index contributed by atoms with van der Waals surface area (Å²) in [7, 11) is 3.72. The van der Waals surface area contributed by atoms with Gasteiger partial charge >= 0.3 is 0 Å². The molecule has 102 valence electrons. The minimum Gasteiger partial charge on any atom is -0.383 e. The van der Waals surface area contributed by atoms with E-state index in [-0.39, 0.29) is 5.56 Å². The van der Waals surface area contributed by atoms with Crippen LogP contribution in [0.5, 0.6) is 0 Å². The molecule has 0 fully saturated rings. The van der Waals surface area contributed by atoms with Crippen molar-refractivity contribution in [3.63, 3.8) is 0 Å². The predicted octanol–water partition coefficient (Wildman–Crippen LogP) is 0.747. The zero-order valence-electron chi connectivity index (χ0n) is 12.0. The molecule has 0 bridgehead atoms. The maximum atomic E-state index is 12.0. The van der Waals surface area contributed by atoms with E-state index in [1.165, 1.54) is 0 Å². The Bertz CT molecular complexity index is 454. The molecule has 0 aliphatic carbocycles. The highest BCUT2D eigenvalue weighted by atomic mass is 16.5. The van der Waals surface area contributed by atoms with E-state index in [0.29, 0.717) is 18.8 Å². The largest absolute Gasteiger partial charge is 0.383 e. The lowest BCUT2D eigenvalue weighted by molar-refractivity contribution is 0.159. The summed E-state index contributed by atoms with van der Waals surface area (Å²) in [6.45, 7) is 8.74. The molecule has 0 aliphatic heterocycles. The van der Waals surface area contributed by atoms with Gasteiger partial charge in [-0.1, -0.05) is 0 Å². The van der Waals surface area contributed by atoms with Gasteiger partial charge in [0.15, 0.2) is 0 Å². The third kappa shape index (κ3) is 3.65. The summed E-state index contributed by atoms with van der Waals surface area (Å²) in [5.41, 5.74) is 2.45. The van der Waals surface area contributed by atoms with Crippen LogP contribution in [-0.4, -0.2) is 48.3 Å². The molecule has 0 unspecified atom stereocenters. The zero-order chi connectivity index (χ0) is 13.7. The Morgan fingerprint density at radius 3 is 2.50 bits per heavy atom. The lowest BCUT2D eigenvalue weighted by atomic mass is 10.3. The van der Waals surface area contributed by atoms with Crippen LogP contribution in [0.25, 0.3) is 0 Å². The Balaban J connectivity index is 2.76. The lowest BCUT2D eigenvalue weighted by Crippen LogP contribution is -2.33. The van der Waals surface area contributed by atoms with Crippen LogP contribution in [0.1, 0.15) is 17.1 Å². The van der Waals surface area contributed by atoms with Gasteiger partial charge in [0, 0.05) is 32.4 Å². The topological polar surface area (TPSA) is 47.4 Å². The number of ether oxygens (including phenoxy) is 1. The van der Waals surface area contributed by atoms with Crippen LogP contribution in [0, 0.1) is 20.8 Å². The van der Waals surface area contributed by atoms with Crippen LogP contribution in [0.15, 0.2) is 4.79 Å². The minimum absolute atomic E-state index is 0.0123. The Labute approximate surface area is 108 Å². The summed E-state index contributed by atoms with van der Waals surface area (Å²) in [5, 5.41) is 0. The number of aromatic nitrogens is 2. The normalized spacial score (nSPS) is 11.2. The van der Waals surface area contributed by atoms with Crippen molar-refractivity contribution in [3.8, 4) is 0 Å². The van der Waals surface area contributed by atoms with Crippen LogP contribution >= 0.6 is 0 Å². The van der Waals surface area contributed by atoms with Crippen molar-refractivity contribution < 1.29 is 4.74 Å². The predicted molar refractivity (Wildman–Crippen MR) is 72.1 cm³/mol. The molecular formula is C13H23N3O2. The smallest absolute Gasteiger partial charge is 0.272 e. The number of hydrogen-bond acceptors (Lipinski definition) is 4. The number of rotatable bonds is 6. The van der Waals surface area contributed by atoms with Gasteiger partial charge in [0.05, 0.1) is 12.3 Å². The van der Waals surface area contributed by atoms with Gasteiger partial charge in [-0.2, -0.15) is 0 Å². The van der Waals surface area contributed by atoms with Gasteiger partial charge in [-0.15, -0.1) is 0 Å². The summed E-state index contributed by atoms with van der Waals surface area (Å²) in [4.78, 5) is 18.4. The molecule has 5 heteroatoms. The molecule has 18 heavy (non-hydrogen) atoms. The van der Waals surface area contributed by atoms with Gasteiger partial charge < -0.3 is 14.2 Å². The Kier molecular flexibility index (Phi) is 5.50. The number of aryl methyl sites for hydroxylation is 2. The van der Waals surface area contributed by atoms with Gasteiger partial charge in [-0.25, -0.2) is 0 Å². The molecule has 0 N–H and O–H groups in total. The average Bonchev–Trinajstić information content (AvgIpc) is 2.34. The third-order valence-electron chi connectivity index (χ3n) is 3.20. The Hall–Kier alpha value is -1.20. The monoisotopic (exact) mass is 253 g/mol. The first-order chi connectivity index (χ1) is 8.47. The van der Waals surface area contributed by atoms with Gasteiger partial charge in [-0.3, -0.25) is 9.78 Å². The van der Waals surface area contributed by atoms with Crippen LogP contribution in [0.3, 0.4) is 0 Å². The molecule has 0 radical (unpaired) electrons. The molecular weight excluding hydrogens is 230 g/mol. The van der Waals surface area contributed by atoms with E-state index < -0.39 is 0 Å².